The third-order valence-electron chi connectivity index (χ3n) is 4.61. The van der Waals surface area contributed by atoms with Gasteiger partial charge in [0, 0.05) is 18.5 Å². The quantitative estimate of drug-likeness (QED) is 0.789. The molecule has 7 heteroatoms. The van der Waals surface area contributed by atoms with Crippen LogP contribution >= 0.6 is 0 Å². The van der Waals surface area contributed by atoms with E-state index in [-0.39, 0.29) is 11.9 Å². The van der Waals surface area contributed by atoms with Crippen molar-refractivity contribution in [3.63, 3.8) is 0 Å². The smallest absolute Gasteiger partial charge is 0.221 e. The number of nitrogens with zero attached hydrogens (tertiary/aromatic N) is 4. The van der Waals surface area contributed by atoms with Crippen molar-refractivity contribution in [1.82, 2.24) is 25.0 Å². The highest BCUT2D eigenvalue weighted by Gasteiger charge is 2.26. The van der Waals surface area contributed by atoms with E-state index in [1.54, 1.807) is 18.1 Å². The van der Waals surface area contributed by atoms with E-state index >= 15 is 0 Å². The summed E-state index contributed by atoms with van der Waals surface area (Å²) in [4.78, 5) is 18.5. The number of ether oxygens (including phenoxy) is 1. The topological polar surface area (TPSA) is 72.3 Å². The average Bonchev–Trinajstić information content (AvgIpc) is 3.34. The molecule has 0 spiro atoms. The van der Waals surface area contributed by atoms with Gasteiger partial charge in [0.05, 0.1) is 19.7 Å². The lowest BCUT2D eigenvalue weighted by molar-refractivity contribution is -0.121. The van der Waals surface area contributed by atoms with Crippen LogP contribution < -0.4 is 10.1 Å². The van der Waals surface area contributed by atoms with Gasteiger partial charge < -0.3 is 10.1 Å². The van der Waals surface area contributed by atoms with E-state index in [0.717, 1.165) is 24.4 Å². The summed E-state index contributed by atoms with van der Waals surface area (Å²) in [6.45, 7) is 3.22. The van der Waals surface area contributed by atoms with Crippen LogP contribution in [0.2, 0.25) is 0 Å². The lowest BCUT2D eigenvalue weighted by Crippen LogP contribution is -2.37. The summed E-state index contributed by atoms with van der Waals surface area (Å²) in [7, 11) is 1.69. The molecule has 3 rings (SSSR count). The van der Waals surface area contributed by atoms with Crippen LogP contribution in [0.25, 0.3) is 0 Å². The molecule has 0 unspecified atom stereocenters. The van der Waals surface area contributed by atoms with Gasteiger partial charge in [-0.15, -0.1) is 0 Å². The molecule has 1 aliphatic rings. The number of carbonyl (C=O) groups is 1. The molecule has 7 nitrogen and oxygen atoms in total. The Kier molecular flexibility index (Phi) is 6.00. The first kappa shape index (κ1) is 17.4. The van der Waals surface area contributed by atoms with E-state index in [4.69, 9.17) is 4.74 Å². The van der Waals surface area contributed by atoms with Crippen molar-refractivity contribution < 1.29 is 9.53 Å². The zero-order valence-electron chi connectivity index (χ0n) is 14.6. The zero-order valence-corrected chi connectivity index (χ0v) is 14.6. The van der Waals surface area contributed by atoms with Gasteiger partial charge >= 0.3 is 0 Å². The van der Waals surface area contributed by atoms with Crippen LogP contribution in [0.5, 0.6) is 5.75 Å². The van der Waals surface area contributed by atoms with E-state index in [9.17, 15) is 4.79 Å². The van der Waals surface area contributed by atoms with Gasteiger partial charge in [0.2, 0.25) is 5.91 Å². The lowest BCUT2D eigenvalue weighted by atomic mass is 10.0. The summed E-state index contributed by atoms with van der Waals surface area (Å²) in [5.74, 6) is 0.894. The van der Waals surface area contributed by atoms with Crippen LogP contribution in [0.1, 0.15) is 30.9 Å². The molecule has 1 fully saturated rings. The molecule has 0 radical (unpaired) electrons. The number of methoxy groups -OCH3 is 1. The predicted molar refractivity (Wildman–Crippen MR) is 94.2 cm³/mol. The molecule has 0 bridgehead atoms. The molecule has 25 heavy (non-hydrogen) atoms. The third kappa shape index (κ3) is 4.57. The van der Waals surface area contributed by atoms with E-state index in [1.165, 1.54) is 19.2 Å². The third-order valence-corrected chi connectivity index (χ3v) is 4.61. The molecule has 1 N–H and O–H groups in total. The number of aryl methyl sites for hydroxylation is 1. The largest absolute Gasteiger partial charge is 0.496 e. The van der Waals surface area contributed by atoms with Crippen molar-refractivity contribution in [3.05, 3.63) is 42.5 Å². The Morgan fingerprint density at radius 2 is 2.12 bits per heavy atom. The highest BCUT2D eigenvalue weighted by molar-refractivity contribution is 5.75. The first-order chi connectivity index (χ1) is 12.3. The molecule has 2 heterocycles. The van der Waals surface area contributed by atoms with E-state index in [1.807, 2.05) is 18.2 Å². The monoisotopic (exact) mass is 343 g/mol. The lowest BCUT2D eigenvalue weighted by Gasteiger charge is -2.29. The fourth-order valence-corrected chi connectivity index (χ4v) is 3.29. The van der Waals surface area contributed by atoms with E-state index < -0.39 is 0 Å². The van der Waals surface area contributed by atoms with Crippen LogP contribution in [-0.4, -0.2) is 52.3 Å². The first-order valence-electron chi connectivity index (χ1n) is 8.74. The predicted octanol–water partition coefficient (Wildman–Crippen LogP) is 1.63. The molecule has 1 amide bonds. The molecule has 134 valence electrons. The molecule has 2 aromatic rings. The number of amides is 1. The fourth-order valence-electron chi connectivity index (χ4n) is 3.29. The summed E-state index contributed by atoms with van der Waals surface area (Å²) < 4.78 is 7.20. The summed E-state index contributed by atoms with van der Waals surface area (Å²) in [6, 6.07) is 8.19. The highest BCUT2D eigenvalue weighted by atomic mass is 16.5. The Bertz CT molecular complexity index is 668. The van der Waals surface area contributed by atoms with E-state index in [2.05, 4.69) is 26.4 Å². The summed E-state index contributed by atoms with van der Waals surface area (Å²) in [5, 5.41) is 7.09. The van der Waals surface area contributed by atoms with Crippen molar-refractivity contribution in [1.29, 1.82) is 0 Å². The average molecular weight is 343 g/mol. The second-order valence-corrected chi connectivity index (χ2v) is 6.21. The zero-order chi connectivity index (χ0) is 17.5. The Balaban J connectivity index is 1.62. The summed E-state index contributed by atoms with van der Waals surface area (Å²) in [5.41, 5.74) is 1.13. The first-order valence-corrected chi connectivity index (χ1v) is 8.74. The standard InChI is InChI=1S/C18H25N5O2/c1-25-17-7-3-2-6-15(17)16(22-9-4-5-10-22)12-20-18(24)8-11-23-14-19-13-21-23/h2-3,6-7,13-14,16H,4-5,8-12H2,1H3,(H,20,24)/t16-/m0/s1. The van der Waals surface area contributed by atoms with Crippen LogP contribution in [-0.2, 0) is 11.3 Å². The summed E-state index contributed by atoms with van der Waals surface area (Å²) >= 11 is 0. The van der Waals surface area contributed by atoms with Gasteiger partial charge in [0.15, 0.2) is 0 Å². The second-order valence-electron chi connectivity index (χ2n) is 6.21. The van der Waals surface area contributed by atoms with Gasteiger partial charge in [0.1, 0.15) is 18.4 Å². The van der Waals surface area contributed by atoms with Gasteiger partial charge in [0.25, 0.3) is 0 Å². The molecular weight excluding hydrogens is 318 g/mol. The van der Waals surface area contributed by atoms with Crippen LogP contribution in [0, 0.1) is 0 Å². The number of hydrogen-bond donors (Lipinski definition) is 1. The Labute approximate surface area is 148 Å². The fraction of sp³-hybridized carbons (Fsp3) is 0.500. The van der Waals surface area contributed by atoms with Crippen molar-refractivity contribution in [2.45, 2.75) is 31.8 Å². The maximum absolute atomic E-state index is 12.2. The van der Waals surface area contributed by atoms with Crippen molar-refractivity contribution in [3.8, 4) is 5.75 Å². The molecule has 1 aromatic carbocycles. The molecule has 1 saturated heterocycles. The SMILES string of the molecule is COc1ccccc1[C@H](CNC(=O)CCn1cncn1)N1CCCC1. The normalized spacial score (nSPS) is 15.9. The van der Waals surface area contributed by atoms with Crippen molar-refractivity contribution in [2.75, 3.05) is 26.7 Å². The number of carbonyl (C=O) groups excluding carboxylic acids is 1. The maximum Gasteiger partial charge on any atom is 0.221 e. The number of rotatable bonds is 8. The van der Waals surface area contributed by atoms with Crippen LogP contribution in [0.3, 0.4) is 0 Å². The molecular formula is C18H25N5O2. The molecule has 1 aliphatic heterocycles. The number of hydrogen-bond acceptors (Lipinski definition) is 5. The number of aromatic nitrogens is 3. The van der Waals surface area contributed by atoms with E-state index in [0.29, 0.717) is 19.5 Å². The number of para-hydroxylation sites is 1. The Hall–Kier alpha value is -2.41. The number of benzene rings is 1. The van der Waals surface area contributed by atoms with Gasteiger partial charge in [-0.2, -0.15) is 5.10 Å². The van der Waals surface area contributed by atoms with Gasteiger partial charge in [-0.3, -0.25) is 14.4 Å². The molecule has 1 aromatic heterocycles. The van der Waals surface area contributed by atoms with Gasteiger partial charge in [-0.25, -0.2) is 4.98 Å². The number of nitrogens with one attached hydrogen (secondary N) is 1. The number of likely N-dealkylation sites (tertiary alicyclic amines) is 1. The van der Waals surface area contributed by atoms with Crippen molar-refractivity contribution in [2.24, 2.45) is 0 Å². The van der Waals surface area contributed by atoms with Gasteiger partial charge in [-0.1, -0.05) is 18.2 Å². The minimum Gasteiger partial charge on any atom is -0.496 e. The Morgan fingerprint density at radius 3 is 2.84 bits per heavy atom. The Morgan fingerprint density at radius 1 is 1.32 bits per heavy atom. The van der Waals surface area contributed by atoms with Crippen LogP contribution in [0.4, 0.5) is 0 Å². The molecule has 0 saturated carbocycles. The van der Waals surface area contributed by atoms with Gasteiger partial charge in [-0.05, 0) is 32.0 Å². The van der Waals surface area contributed by atoms with Crippen LogP contribution in [0.15, 0.2) is 36.9 Å². The second kappa shape index (κ2) is 8.62. The van der Waals surface area contributed by atoms with Crippen molar-refractivity contribution >= 4 is 5.91 Å². The minimum absolute atomic E-state index is 0.0228. The molecule has 0 aliphatic carbocycles. The highest BCUT2D eigenvalue weighted by Crippen LogP contribution is 2.31. The maximum atomic E-state index is 12.2. The minimum atomic E-state index is 0.0228. The summed E-state index contributed by atoms with van der Waals surface area (Å²) in [6.07, 6.45) is 5.89. The molecule has 1 atom stereocenters.